The monoisotopic (exact) mass is 512 g/mol. The molecule has 34 heavy (non-hydrogen) atoms. The Morgan fingerprint density at radius 2 is 1.71 bits per heavy atom. The number of hydrogen-bond acceptors (Lipinski definition) is 5. The summed E-state index contributed by atoms with van der Waals surface area (Å²) in [6.07, 6.45) is 1.59. The van der Waals surface area contributed by atoms with E-state index in [1.54, 1.807) is 60.7 Å². The molecule has 0 aliphatic carbocycles. The number of imide groups is 1. The fourth-order valence-electron chi connectivity index (χ4n) is 3.19. The highest BCUT2D eigenvalue weighted by atomic mass is 35.5. The minimum absolute atomic E-state index is 0.0801. The number of halogens is 2. The summed E-state index contributed by atoms with van der Waals surface area (Å²) in [5.41, 5.74) is 1.93. The van der Waals surface area contributed by atoms with Crippen LogP contribution in [0.15, 0.2) is 77.7 Å². The van der Waals surface area contributed by atoms with Gasteiger partial charge >= 0.3 is 0 Å². The lowest BCUT2D eigenvalue weighted by atomic mass is 10.1. The van der Waals surface area contributed by atoms with Crippen molar-refractivity contribution >= 4 is 63.8 Å². The number of rotatable bonds is 7. The normalized spacial score (nSPS) is 14.5. The van der Waals surface area contributed by atoms with E-state index in [1.807, 2.05) is 18.2 Å². The molecule has 3 amide bonds. The molecule has 3 aromatic rings. The van der Waals surface area contributed by atoms with E-state index in [1.165, 1.54) is 0 Å². The van der Waals surface area contributed by atoms with E-state index in [-0.39, 0.29) is 29.2 Å². The van der Waals surface area contributed by atoms with Crippen molar-refractivity contribution < 1.29 is 19.1 Å². The van der Waals surface area contributed by atoms with Crippen LogP contribution >= 0.6 is 35.0 Å². The molecule has 0 atom stereocenters. The lowest BCUT2D eigenvalue weighted by Gasteiger charge is -2.13. The molecule has 0 unspecified atom stereocenters. The Morgan fingerprint density at radius 3 is 2.47 bits per heavy atom. The summed E-state index contributed by atoms with van der Waals surface area (Å²) in [4.78, 5) is 39.0. The summed E-state index contributed by atoms with van der Waals surface area (Å²) in [5.74, 6) is -0.317. The van der Waals surface area contributed by atoms with Gasteiger partial charge in [-0.1, -0.05) is 65.7 Å². The van der Waals surface area contributed by atoms with Gasteiger partial charge in [-0.2, -0.15) is 0 Å². The second kappa shape index (κ2) is 10.8. The van der Waals surface area contributed by atoms with Gasteiger partial charge in [-0.15, -0.1) is 0 Å². The number of para-hydroxylation sites is 2. The summed E-state index contributed by atoms with van der Waals surface area (Å²) < 4.78 is 5.69. The van der Waals surface area contributed by atoms with Crippen LogP contribution in [0.25, 0.3) is 6.08 Å². The van der Waals surface area contributed by atoms with Crippen LogP contribution in [0.5, 0.6) is 5.75 Å². The van der Waals surface area contributed by atoms with Gasteiger partial charge in [-0.25, -0.2) is 0 Å². The van der Waals surface area contributed by atoms with Crippen LogP contribution < -0.4 is 10.1 Å². The number of benzene rings is 3. The Hall–Kier alpha value is -3.26. The number of carbonyl (C=O) groups is 3. The number of nitrogens with zero attached hydrogens (tertiary/aromatic N) is 1. The Kier molecular flexibility index (Phi) is 7.57. The summed E-state index contributed by atoms with van der Waals surface area (Å²) in [5, 5.41) is 3.11. The predicted octanol–water partition coefficient (Wildman–Crippen LogP) is 6.25. The third kappa shape index (κ3) is 5.80. The molecule has 9 heteroatoms. The first-order valence-electron chi connectivity index (χ1n) is 10.2. The number of thioether (sulfide) groups is 1. The average Bonchev–Trinajstić information content (AvgIpc) is 3.09. The molecular formula is C25H18Cl2N2O4S. The minimum Gasteiger partial charge on any atom is -0.483 e. The summed E-state index contributed by atoms with van der Waals surface area (Å²) in [6, 6.07) is 21.0. The minimum atomic E-state index is -0.419. The summed E-state index contributed by atoms with van der Waals surface area (Å²) in [7, 11) is 0. The molecule has 1 heterocycles. The van der Waals surface area contributed by atoms with Crippen molar-refractivity contribution in [3.05, 3.63) is 98.9 Å². The zero-order valence-electron chi connectivity index (χ0n) is 17.7. The van der Waals surface area contributed by atoms with Gasteiger partial charge in [0.25, 0.3) is 17.1 Å². The fourth-order valence-corrected chi connectivity index (χ4v) is 4.34. The topological polar surface area (TPSA) is 75.7 Å². The number of amides is 3. The number of ether oxygens (including phenoxy) is 1. The SMILES string of the molecule is O=C(COc1ccccc1/C=C1\SC(=O)N(Cc2ccc(Cl)c(Cl)c2)C1=O)Nc1ccccc1. The van der Waals surface area contributed by atoms with E-state index in [0.717, 1.165) is 16.7 Å². The summed E-state index contributed by atoms with van der Waals surface area (Å²) in [6.45, 7) is -0.130. The highest BCUT2D eigenvalue weighted by molar-refractivity contribution is 8.18. The van der Waals surface area contributed by atoms with E-state index < -0.39 is 5.91 Å². The van der Waals surface area contributed by atoms with Crippen LogP contribution in [-0.4, -0.2) is 28.6 Å². The van der Waals surface area contributed by atoms with Crippen molar-refractivity contribution in [2.75, 3.05) is 11.9 Å². The van der Waals surface area contributed by atoms with Crippen molar-refractivity contribution in [1.29, 1.82) is 0 Å². The van der Waals surface area contributed by atoms with Gasteiger partial charge in [0.2, 0.25) is 0 Å². The number of nitrogens with one attached hydrogen (secondary N) is 1. The van der Waals surface area contributed by atoms with Crippen molar-refractivity contribution in [1.82, 2.24) is 4.90 Å². The molecule has 1 fully saturated rings. The van der Waals surface area contributed by atoms with E-state index in [4.69, 9.17) is 27.9 Å². The molecule has 1 aliphatic heterocycles. The maximum atomic E-state index is 12.9. The molecule has 172 valence electrons. The zero-order chi connectivity index (χ0) is 24.1. The molecule has 1 N–H and O–H groups in total. The van der Waals surface area contributed by atoms with Crippen molar-refractivity contribution in [3.8, 4) is 5.75 Å². The number of carbonyl (C=O) groups excluding carboxylic acids is 3. The van der Waals surface area contributed by atoms with Crippen molar-refractivity contribution in [2.24, 2.45) is 0 Å². The van der Waals surface area contributed by atoms with Gasteiger partial charge in [-0.3, -0.25) is 19.3 Å². The molecule has 1 saturated heterocycles. The van der Waals surface area contributed by atoms with Crippen LogP contribution in [0.2, 0.25) is 10.0 Å². The first-order valence-corrected chi connectivity index (χ1v) is 11.7. The first kappa shape index (κ1) is 23.9. The van der Waals surface area contributed by atoms with Gasteiger partial charge in [0.15, 0.2) is 6.61 Å². The Labute approximate surface area is 210 Å². The van der Waals surface area contributed by atoms with Crippen LogP contribution in [0.1, 0.15) is 11.1 Å². The van der Waals surface area contributed by atoms with E-state index in [0.29, 0.717) is 32.6 Å². The standard InChI is InChI=1S/C25H18Cl2N2O4S/c26-19-11-10-16(12-20(19)27)14-29-24(31)22(34-25(29)32)13-17-6-4-5-9-21(17)33-15-23(30)28-18-7-2-1-3-8-18/h1-13H,14-15H2,(H,28,30)/b22-13-. The van der Waals surface area contributed by atoms with Crippen LogP contribution in [0.4, 0.5) is 10.5 Å². The Balaban J connectivity index is 1.45. The maximum absolute atomic E-state index is 12.9. The fraction of sp³-hybridized carbons (Fsp3) is 0.0800. The molecule has 0 spiro atoms. The Bertz CT molecular complexity index is 1280. The van der Waals surface area contributed by atoms with Crippen LogP contribution in [0, 0.1) is 0 Å². The first-order chi connectivity index (χ1) is 16.4. The van der Waals surface area contributed by atoms with Crippen molar-refractivity contribution in [3.63, 3.8) is 0 Å². The quantitative estimate of drug-likeness (QED) is 0.378. The van der Waals surface area contributed by atoms with Gasteiger partial charge < -0.3 is 10.1 Å². The third-order valence-corrected chi connectivity index (χ3v) is 6.47. The molecule has 4 rings (SSSR count). The van der Waals surface area contributed by atoms with Gasteiger partial charge in [0.05, 0.1) is 21.5 Å². The smallest absolute Gasteiger partial charge is 0.293 e. The molecule has 0 radical (unpaired) electrons. The summed E-state index contributed by atoms with van der Waals surface area (Å²) >= 11 is 12.8. The van der Waals surface area contributed by atoms with Crippen molar-refractivity contribution in [2.45, 2.75) is 6.54 Å². The van der Waals surface area contributed by atoms with E-state index >= 15 is 0 Å². The molecule has 0 bridgehead atoms. The molecule has 0 aromatic heterocycles. The molecule has 1 aliphatic rings. The van der Waals surface area contributed by atoms with Crippen LogP contribution in [-0.2, 0) is 16.1 Å². The van der Waals surface area contributed by atoms with Gasteiger partial charge in [0.1, 0.15) is 5.75 Å². The molecule has 3 aromatic carbocycles. The largest absolute Gasteiger partial charge is 0.483 e. The van der Waals surface area contributed by atoms with E-state index in [9.17, 15) is 14.4 Å². The molecule has 6 nitrogen and oxygen atoms in total. The maximum Gasteiger partial charge on any atom is 0.293 e. The third-order valence-electron chi connectivity index (χ3n) is 4.82. The Morgan fingerprint density at radius 1 is 0.971 bits per heavy atom. The lowest BCUT2D eigenvalue weighted by molar-refractivity contribution is -0.123. The predicted molar refractivity (Wildman–Crippen MR) is 135 cm³/mol. The van der Waals surface area contributed by atoms with Gasteiger partial charge in [0, 0.05) is 11.3 Å². The van der Waals surface area contributed by atoms with Crippen LogP contribution in [0.3, 0.4) is 0 Å². The molecular weight excluding hydrogens is 495 g/mol. The van der Waals surface area contributed by atoms with Gasteiger partial charge in [-0.05, 0) is 53.7 Å². The highest BCUT2D eigenvalue weighted by Gasteiger charge is 2.35. The zero-order valence-corrected chi connectivity index (χ0v) is 20.0. The second-order valence-electron chi connectivity index (χ2n) is 7.26. The van der Waals surface area contributed by atoms with E-state index in [2.05, 4.69) is 5.32 Å². The number of hydrogen-bond donors (Lipinski definition) is 1. The average molecular weight is 513 g/mol. The lowest BCUT2D eigenvalue weighted by Crippen LogP contribution is -2.27. The molecule has 0 saturated carbocycles. The number of anilines is 1. The second-order valence-corrected chi connectivity index (χ2v) is 9.06. The highest BCUT2D eigenvalue weighted by Crippen LogP contribution is 2.35.